The third-order valence-corrected chi connectivity index (χ3v) is 10.7. The zero-order chi connectivity index (χ0) is 42.4. The molecule has 0 aliphatic heterocycles. The molecule has 316 valence electrons. The number of benzene rings is 5. The van der Waals surface area contributed by atoms with E-state index in [2.05, 4.69) is 26.1 Å². The number of carbonyl (C=O) groups is 2. The SMILES string of the molecule is CCCCCCOc1ccc(Oc2cc(N)c3c(c2O)C(=O)c2c(Nc4ccc(CCCCCC)cc4)cc(Oc4ccc(OCCCCCC)cc4)c(O)c2C3=O)cc1. The summed E-state index contributed by atoms with van der Waals surface area (Å²) in [5.74, 6) is -0.631. The van der Waals surface area contributed by atoms with E-state index in [4.69, 9.17) is 24.7 Å². The van der Waals surface area contributed by atoms with Crippen molar-refractivity contribution in [3.63, 3.8) is 0 Å². The topological polar surface area (TPSA) is 150 Å². The van der Waals surface area contributed by atoms with Crippen molar-refractivity contribution < 1.29 is 38.7 Å². The lowest BCUT2D eigenvalue weighted by Crippen LogP contribution is -2.24. The standard InChI is InChI=1S/C50H58N2O8/c1-4-7-10-13-16-33-17-19-34(20-18-33)52-40-32-42(60-38-27-23-36(24-28-38)58-30-15-12-9-6-3)48(54)46-44(40)50(56)45-43(49(46)55)39(51)31-41(47(45)53)59-37-25-21-35(22-26-37)57-29-14-11-8-5-2/h17-28,31-32,52-54H,4-16,29-30,51H2,1-3H3. The summed E-state index contributed by atoms with van der Waals surface area (Å²) in [6.07, 6.45) is 14.3. The Morgan fingerprint density at radius 2 is 0.967 bits per heavy atom. The van der Waals surface area contributed by atoms with Crippen molar-refractivity contribution in [2.75, 3.05) is 24.3 Å². The summed E-state index contributed by atoms with van der Waals surface area (Å²) in [4.78, 5) is 29.1. The minimum atomic E-state index is -0.750. The maximum atomic E-state index is 14.6. The Morgan fingerprint density at radius 1 is 0.517 bits per heavy atom. The first kappa shape index (κ1) is 43.4. The van der Waals surface area contributed by atoms with Crippen molar-refractivity contribution in [2.24, 2.45) is 0 Å². The molecule has 5 aromatic rings. The fourth-order valence-corrected chi connectivity index (χ4v) is 7.31. The summed E-state index contributed by atoms with van der Waals surface area (Å²) in [5, 5.41) is 26.7. The summed E-state index contributed by atoms with van der Waals surface area (Å²) < 4.78 is 24.0. The molecule has 0 bridgehead atoms. The molecule has 0 heterocycles. The van der Waals surface area contributed by atoms with E-state index in [1.807, 2.05) is 24.3 Å². The third-order valence-electron chi connectivity index (χ3n) is 10.7. The predicted octanol–water partition coefficient (Wildman–Crippen LogP) is 12.8. The van der Waals surface area contributed by atoms with Crippen LogP contribution in [-0.4, -0.2) is 35.0 Å². The third kappa shape index (κ3) is 10.7. The summed E-state index contributed by atoms with van der Waals surface area (Å²) >= 11 is 0. The highest BCUT2D eigenvalue weighted by molar-refractivity contribution is 6.34. The Kier molecular flexibility index (Phi) is 15.3. The number of aromatic hydroxyl groups is 2. The summed E-state index contributed by atoms with van der Waals surface area (Å²) in [6.45, 7) is 7.72. The monoisotopic (exact) mass is 814 g/mol. The highest BCUT2D eigenvalue weighted by Crippen LogP contribution is 2.50. The molecule has 10 heteroatoms. The number of nitrogen functional groups attached to an aromatic ring is 1. The first-order valence-electron chi connectivity index (χ1n) is 21.5. The molecule has 6 rings (SSSR count). The molecule has 0 unspecified atom stereocenters. The molecule has 0 aromatic heterocycles. The van der Waals surface area contributed by atoms with Gasteiger partial charge in [-0.15, -0.1) is 0 Å². The van der Waals surface area contributed by atoms with Gasteiger partial charge in [0.25, 0.3) is 0 Å². The van der Waals surface area contributed by atoms with Crippen LogP contribution in [0.5, 0.6) is 46.0 Å². The van der Waals surface area contributed by atoms with Crippen molar-refractivity contribution >= 4 is 28.6 Å². The van der Waals surface area contributed by atoms with Gasteiger partial charge in [0.15, 0.2) is 23.0 Å². The molecule has 0 saturated heterocycles. The van der Waals surface area contributed by atoms with E-state index in [1.165, 1.54) is 24.1 Å². The molecule has 0 saturated carbocycles. The van der Waals surface area contributed by atoms with E-state index >= 15 is 0 Å². The summed E-state index contributed by atoms with van der Waals surface area (Å²) in [6, 6.07) is 24.5. The number of carbonyl (C=O) groups excluding carboxylic acids is 2. The highest BCUT2D eigenvalue weighted by atomic mass is 16.5. The molecule has 5 aromatic carbocycles. The number of nitrogens with one attached hydrogen (secondary N) is 1. The molecule has 1 aliphatic carbocycles. The van der Waals surface area contributed by atoms with Gasteiger partial charge in [0.05, 0.1) is 41.2 Å². The Labute approximate surface area is 353 Å². The van der Waals surface area contributed by atoms with Crippen molar-refractivity contribution in [2.45, 2.75) is 104 Å². The lowest BCUT2D eigenvalue weighted by atomic mass is 9.81. The number of rotatable bonds is 23. The molecular formula is C50H58N2O8. The zero-order valence-electron chi connectivity index (χ0n) is 35.1. The van der Waals surface area contributed by atoms with Crippen molar-refractivity contribution in [1.82, 2.24) is 0 Å². The van der Waals surface area contributed by atoms with Crippen LogP contribution in [0.15, 0.2) is 84.9 Å². The first-order chi connectivity index (χ1) is 29.2. The lowest BCUT2D eigenvalue weighted by Gasteiger charge is -2.25. The number of hydrogen-bond acceptors (Lipinski definition) is 10. The minimum absolute atomic E-state index is 0.0576. The predicted molar refractivity (Wildman–Crippen MR) is 237 cm³/mol. The summed E-state index contributed by atoms with van der Waals surface area (Å²) in [5.41, 5.74) is 7.40. The minimum Gasteiger partial charge on any atom is -0.504 e. The van der Waals surface area contributed by atoms with E-state index in [-0.39, 0.29) is 45.1 Å². The zero-order valence-corrected chi connectivity index (χ0v) is 35.1. The van der Waals surface area contributed by atoms with E-state index < -0.39 is 23.1 Å². The van der Waals surface area contributed by atoms with Gasteiger partial charge >= 0.3 is 0 Å². The second-order valence-electron chi connectivity index (χ2n) is 15.3. The molecule has 10 nitrogen and oxygen atoms in total. The average molecular weight is 815 g/mol. The average Bonchev–Trinajstić information content (AvgIpc) is 3.25. The van der Waals surface area contributed by atoms with Crippen LogP contribution in [0.25, 0.3) is 0 Å². The van der Waals surface area contributed by atoms with Gasteiger partial charge in [0, 0.05) is 23.5 Å². The van der Waals surface area contributed by atoms with Crippen LogP contribution in [-0.2, 0) is 6.42 Å². The van der Waals surface area contributed by atoms with Gasteiger partial charge in [-0.3, -0.25) is 9.59 Å². The van der Waals surface area contributed by atoms with Crippen LogP contribution in [0.1, 0.15) is 135 Å². The van der Waals surface area contributed by atoms with Crippen molar-refractivity contribution in [1.29, 1.82) is 0 Å². The Morgan fingerprint density at radius 3 is 1.48 bits per heavy atom. The van der Waals surface area contributed by atoms with Gasteiger partial charge in [0.2, 0.25) is 11.6 Å². The molecule has 60 heavy (non-hydrogen) atoms. The maximum Gasteiger partial charge on any atom is 0.200 e. The number of fused-ring (bicyclic) bond motifs is 2. The quantitative estimate of drug-likeness (QED) is 0.0280. The first-order valence-corrected chi connectivity index (χ1v) is 21.5. The van der Waals surface area contributed by atoms with Gasteiger partial charge in [0.1, 0.15) is 23.0 Å². The number of ether oxygens (including phenoxy) is 4. The van der Waals surface area contributed by atoms with Crippen molar-refractivity contribution in [3.8, 4) is 46.0 Å². The van der Waals surface area contributed by atoms with Crippen LogP contribution in [0, 0.1) is 0 Å². The largest absolute Gasteiger partial charge is 0.504 e. The van der Waals surface area contributed by atoms with Crippen LogP contribution in [0.2, 0.25) is 0 Å². The second kappa shape index (κ2) is 21.2. The van der Waals surface area contributed by atoms with Crippen LogP contribution < -0.4 is 30.0 Å². The van der Waals surface area contributed by atoms with Crippen LogP contribution in [0.4, 0.5) is 17.1 Å². The van der Waals surface area contributed by atoms with E-state index in [1.54, 1.807) is 48.5 Å². The van der Waals surface area contributed by atoms with Gasteiger partial charge in [-0.2, -0.15) is 0 Å². The number of phenolic OH excluding ortho intramolecular Hbond substituents is 2. The number of aryl methyl sites for hydroxylation is 1. The number of ketones is 2. The molecular weight excluding hydrogens is 757 g/mol. The number of unbranched alkanes of at least 4 members (excludes halogenated alkanes) is 9. The smallest absolute Gasteiger partial charge is 0.200 e. The van der Waals surface area contributed by atoms with E-state index in [0.717, 1.165) is 77.0 Å². The number of hydrogen-bond donors (Lipinski definition) is 4. The highest BCUT2D eigenvalue weighted by Gasteiger charge is 2.40. The number of nitrogens with two attached hydrogens (primary N) is 1. The molecule has 0 spiro atoms. The van der Waals surface area contributed by atoms with Gasteiger partial charge in [-0.25, -0.2) is 0 Å². The number of phenols is 2. The maximum absolute atomic E-state index is 14.6. The Bertz CT molecular complexity index is 2220. The fraction of sp³-hybridized carbons (Fsp3) is 0.360. The van der Waals surface area contributed by atoms with Crippen molar-refractivity contribution in [3.05, 3.63) is 113 Å². The second-order valence-corrected chi connectivity index (χ2v) is 15.3. The fourth-order valence-electron chi connectivity index (χ4n) is 7.31. The van der Waals surface area contributed by atoms with Gasteiger partial charge in [-0.1, -0.05) is 90.7 Å². The van der Waals surface area contributed by atoms with Gasteiger partial charge < -0.3 is 40.2 Å². The Balaban J connectivity index is 1.30. The normalized spacial score (nSPS) is 11.8. The Hall–Kier alpha value is -6.16. The van der Waals surface area contributed by atoms with Crippen LogP contribution >= 0.6 is 0 Å². The molecule has 1 aliphatic rings. The van der Waals surface area contributed by atoms with Gasteiger partial charge in [-0.05, 0) is 91.9 Å². The van der Waals surface area contributed by atoms with E-state index in [9.17, 15) is 19.8 Å². The molecule has 0 radical (unpaired) electrons. The lowest BCUT2D eigenvalue weighted by molar-refractivity contribution is 0.0974. The van der Waals surface area contributed by atoms with E-state index in [0.29, 0.717) is 41.9 Å². The molecule has 5 N–H and O–H groups in total. The molecule has 0 fully saturated rings. The summed E-state index contributed by atoms with van der Waals surface area (Å²) in [7, 11) is 0. The molecule has 0 atom stereocenters. The number of anilines is 3. The van der Waals surface area contributed by atoms with Crippen LogP contribution in [0.3, 0.4) is 0 Å². The molecule has 0 amide bonds.